The predicted molar refractivity (Wildman–Crippen MR) is 75.0 cm³/mol. The minimum Gasteiger partial charge on any atom is -0.385 e. The average molecular weight is 258 g/mol. The Bertz CT molecular complexity index is 163. The fourth-order valence-electron chi connectivity index (χ4n) is 2.48. The highest BCUT2D eigenvalue weighted by Gasteiger charge is 2.18. The smallest absolute Gasteiger partial charge is 0.0587 e. The van der Waals surface area contributed by atoms with Gasteiger partial charge in [0.05, 0.1) is 6.61 Å². The van der Waals surface area contributed by atoms with Gasteiger partial charge in [-0.1, -0.05) is 0 Å². The maximum absolute atomic E-state index is 5.08. The molecule has 0 spiro atoms. The van der Waals surface area contributed by atoms with Crippen LogP contribution >= 0.6 is 0 Å². The number of ether oxygens (including phenoxy) is 2. The summed E-state index contributed by atoms with van der Waals surface area (Å²) in [5.74, 6) is 0.858. The van der Waals surface area contributed by atoms with Crippen LogP contribution in [0.3, 0.4) is 0 Å². The summed E-state index contributed by atoms with van der Waals surface area (Å²) in [4.78, 5) is 2.60. The summed E-state index contributed by atoms with van der Waals surface area (Å²) in [6.07, 6.45) is 5.13. The molecule has 0 unspecified atom stereocenters. The van der Waals surface area contributed by atoms with E-state index in [1.54, 1.807) is 14.2 Å². The number of methoxy groups -OCH3 is 2. The number of rotatable bonds is 10. The Morgan fingerprint density at radius 1 is 1.06 bits per heavy atom. The van der Waals surface area contributed by atoms with E-state index >= 15 is 0 Å². The fraction of sp³-hybridized carbons (Fsp3) is 1.00. The van der Waals surface area contributed by atoms with Crippen molar-refractivity contribution < 1.29 is 9.47 Å². The first kappa shape index (κ1) is 15.9. The Hall–Kier alpha value is -0.160. The topological polar surface area (TPSA) is 33.7 Å². The van der Waals surface area contributed by atoms with Crippen LogP contribution in [0.2, 0.25) is 0 Å². The molecule has 0 aromatic carbocycles. The number of unbranched alkanes of at least 4 members (excludes halogenated alkanes) is 1. The number of nitrogens with zero attached hydrogens (tertiary/aromatic N) is 1. The van der Waals surface area contributed by atoms with Crippen molar-refractivity contribution in [2.45, 2.75) is 25.7 Å². The summed E-state index contributed by atoms with van der Waals surface area (Å²) in [7, 11) is 3.53. The molecule has 1 aliphatic heterocycles. The lowest BCUT2D eigenvalue weighted by molar-refractivity contribution is 0.158. The van der Waals surface area contributed by atoms with Crippen LogP contribution in [-0.4, -0.2) is 65.1 Å². The van der Waals surface area contributed by atoms with E-state index in [0.29, 0.717) is 0 Å². The molecule has 0 aromatic heterocycles. The first-order chi connectivity index (χ1) is 8.86. The molecule has 0 radical (unpaired) electrons. The fourth-order valence-corrected chi connectivity index (χ4v) is 2.48. The summed E-state index contributed by atoms with van der Waals surface area (Å²) in [6, 6.07) is 0. The van der Waals surface area contributed by atoms with Gasteiger partial charge in [0.2, 0.25) is 0 Å². The Kier molecular flexibility index (Phi) is 9.48. The molecule has 0 saturated carbocycles. The molecule has 1 aliphatic rings. The number of nitrogens with one attached hydrogen (secondary N) is 1. The highest BCUT2D eigenvalue weighted by Crippen LogP contribution is 2.16. The molecule has 0 aliphatic carbocycles. The number of piperidine rings is 1. The van der Waals surface area contributed by atoms with E-state index in [1.807, 2.05) is 0 Å². The second kappa shape index (κ2) is 10.7. The number of likely N-dealkylation sites (tertiary alicyclic amines) is 1. The van der Waals surface area contributed by atoms with E-state index in [4.69, 9.17) is 9.47 Å². The van der Waals surface area contributed by atoms with Crippen LogP contribution in [0.1, 0.15) is 25.7 Å². The van der Waals surface area contributed by atoms with Gasteiger partial charge in [0.15, 0.2) is 0 Å². The van der Waals surface area contributed by atoms with Gasteiger partial charge in [-0.15, -0.1) is 0 Å². The van der Waals surface area contributed by atoms with Gasteiger partial charge < -0.3 is 19.7 Å². The molecule has 4 heteroatoms. The zero-order chi connectivity index (χ0) is 13.1. The molecule has 0 aromatic rings. The van der Waals surface area contributed by atoms with Crippen LogP contribution in [0.15, 0.2) is 0 Å². The first-order valence-corrected chi connectivity index (χ1v) is 7.27. The Balaban J connectivity index is 1.95. The van der Waals surface area contributed by atoms with Crippen molar-refractivity contribution in [3.05, 3.63) is 0 Å². The molecule has 0 bridgehead atoms. The molecule has 1 saturated heterocycles. The van der Waals surface area contributed by atoms with Crippen molar-refractivity contribution >= 4 is 0 Å². The molecule has 0 amide bonds. The van der Waals surface area contributed by atoms with Gasteiger partial charge in [-0.25, -0.2) is 0 Å². The monoisotopic (exact) mass is 258 g/mol. The largest absolute Gasteiger partial charge is 0.385 e. The minimum absolute atomic E-state index is 0.818. The van der Waals surface area contributed by atoms with Gasteiger partial charge in [-0.3, -0.25) is 0 Å². The van der Waals surface area contributed by atoms with Gasteiger partial charge in [0, 0.05) is 27.4 Å². The third-order valence-corrected chi connectivity index (χ3v) is 3.70. The summed E-state index contributed by atoms with van der Waals surface area (Å²) in [6.45, 7) is 7.63. The van der Waals surface area contributed by atoms with Crippen LogP contribution in [0.25, 0.3) is 0 Å². The zero-order valence-electron chi connectivity index (χ0n) is 12.1. The van der Waals surface area contributed by atoms with Gasteiger partial charge in [0.25, 0.3) is 0 Å². The van der Waals surface area contributed by atoms with Crippen molar-refractivity contribution in [1.29, 1.82) is 0 Å². The van der Waals surface area contributed by atoms with Gasteiger partial charge in [-0.2, -0.15) is 0 Å². The summed E-state index contributed by atoms with van der Waals surface area (Å²) >= 11 is 0. The minimum atomic E-state index is 0.818. The summed E-state index contributed by atoms with van der Waals surface area (Å²) in [5, 5.41) is 3.47. The molecule has 1 heterocycles. The number of hydrogen-bond donors (Lipinski definition) is 1. The summed E-state index contributed by atoms with van der Waals surface area (Å²) in [5.41, 5.74) is 0. The molecule has 0 atom stereocenters. The quantitative estimate of drug-likeness (QED) is 0.600. The Morgan fingerprint density at radius 2 is 1.78 bits per heavy atom. The van der Waals surface area contributed by atoms with Crippen LogP contribution in [0.4, 0.5) is 0 Å². The van der Waals surface area contributed by atoms with Crippen LogP contribution in [-0.2, 0) is 9.47 Å². The summed E-state index contributed by atoms with van der Waals surface area (Å²) < 4.78 is 10.1. The lowest BCUT2D eigenvalue weighted by atomic mass is 9.96. The van der Waals surface area contributed by atoms with Crippen molar-refractivity contribution in [2.75, 3.05) is 60.2 Å². The van der Waals surface area contributed by atoms with E-state index in [2.05, 4.69) is 10.2 Å². The van der Waals surface area contributed by atoms with Crippen molar-refractivity contribution in [3.8, 4) is 0 Å². The lowest BCUT2D eigenvalue weighted by Crippen LogP contribution is -2.38. The van der Waals surface area contributed by atoms with E-state index in [9.17, 15) is 0 Å². The van der Waals surface area contributed by atoms with Gasteiger partial charge >= 0.3 is 0 Å². The van der Waals surface area contributed by atoms with Crippen LogP contribution in [0, 0.1) is 5.92 Å². The first-order valence-electron chi connectivity index (χ1n) is 7.27. The van der Waals surface area contributed by atoms with E-state index in [-0.39, 0.29) is 0 Å². The normalized spacial score (nSPS) is 18.3. The Morgan fingerprint density at radius 3 is 2.44 bits per heavy atom. The zero-order valence-corrected chi connectivity index (χ0v) is 12.1. The predicted octanol–water partition coefficient (Wildman–Crippen LogP) is 1.36. The SMILES string of the molecule is COCCCCN1CCC(CNCCOC)CC1. The highest BCUT2D eigenvalue weighted by atomic mass is 16.5. The van der Waals surface area contributed by atoms with Crippen molar-refractivity contribution in [3.63, 3.8) is 0 Å². The maximum Gasteiger partial charge on any atom is 0.0587 e. The molecule has 18 heavy (non-hydrogen) atoms. The van der Waals surface area contributed by atoms with E-state index in [1.165, 1.54) is 45.3 Å². The molecular formula is C14H30N2O2. The van der Waals surface area contributed by atoms with Crippen LogP contribution in [0.5, 0.6) is 0 Å². The van der Waals surface area contributed by atoms with Crippen molar-refractivity contribution in [2.24, 2.45) is 5.92 Å². The number of hydrogen-bond acceptors (Lipinski definition) is 4. The van der Waals surface area contributed by atoms with Gasteiger partial charge in [-0.05, 0) is 57.8 Å². The molecule has 4 nitrogen and oxygen atoms in total. The maximum atomic E-state index is 5.08. The Labute approximate surface area is 112 Å². The third-order valence-electron chi connectivity index (χ3n) is 3.70. The highest BCUT2D eigenvalue weighted by molar-refractivity contribution is 4.73. The molecule has 108 valence electrons. The second-order valence-electron chi connectivity index (χ2n) is 5.18. The van der Waals surface area contributed by atoms with Gasteiger partial charge in [0.1, 0.15) is 0 Å². The van der Waals surface area contributed by atoms with Crippen molar-refractivity contribution in [1.82, 2.24) is 10.2 Å². The standard InChI is InChI=1S/C14H30N2O2/c1-17-11-4-3-8-16-9-5-14(6-10-16)13-15-7-12-18-2/h14-15H,3-13H2,1-2H3. The molecule has 1 fully saturated rings. The lowest BCUT2D eigenvalue weighted by Gasteiger charge is -2.32. The average Bonchev–Trinajstić information content (AvgIpc) is 2.41. The second-order valence-corrected chi connectivity index (χ2v) is 5.18. The van der Waals surface area contributed by atoms with Crippen LogP contribution < -0.4 is 5.32 Å². The molecule has 1 N–H and O–H groups in total. The van der Waals surface area contributed by atoms with E-state index in [0.717, 1.165) is 32.2 Å². The molecular weight excluding hydrogens is 228 g/mol. The molecule has 1 rings (SSSR count). The third kappa shape index (κ3) is 7.31. The van der Waals surface area contributed by atoms with E-state index < -0.39 is 0 Å².